The van der Waals surface area contributed by atoms with Gasteiger partial charge in [0.15, 0.2) is 0 Å². The van der Waals surface area contributed by atoms with E-state index in [-0.39, 0.29) is 0 Å². The van der Waals surface area contributed by atoms with Crippen LogP contribution in [0.3, 0.4) is 0 Å². The summed E-state index contributed by atoms with van der Waals surface area (Å²) in [5, 5.41) is 5.02. The minimum absolute atomic E-state index is 1.15. The van der Waals surface area contributed by atoms with Crippen LogP contribution < -0.4 is 0 Å². The van der Waals surface area contributed by atoms with E-state index >= 15 is 0 Å². The molecule has 234 valence electrons. The molecule has 0 amide bonds. The first kappa shape index (κ1) is 28.4. The molecule has 10 rings (SSSR count). The van der Waals surface area contributed by atoms with Crippen LogP contribution in [0.2, 0.25) is 0 Å². The lowest BCUT2D eigenvalue weighted by Crippen LogP contribution is -1.95. The van der Waals surface area contributed by atoms with Crippen molar-refractivity contribution in [3.05, 3.63) is 194 Å². The van der Waals surface area contributed by atoms with E-state index in [4.69, 9.17) is 0 Å². The van der Waals surface area contributed by atoms with Crippen molar-refractivity contribution in [3.8, 4) is 44.8 Å². The highest BCUT2D eigenvalue weighted by atomic mass is 15.0. The van der Waals surface area contributed by atoms with Gasteiger partial charge >= 0.3 is 0 Å². The summed E-state index contributed by atoms with van der Waals surface area (Å²) < 4.78 is 4.81. The van der Waals surface area contributed by atoms with Gasteiger partial charge in [0.05, 0.1) is 22.1 Å². The van der Waals surface area contributed by atoms with Gasteiger partial charge in [0.25, 0.3) is 0 Å². The summed E-state index contributed by atoms with van der Waals surface area (Å²) >= 11 is 0. The highest BCUT2D eigenvalue weighted by molar-refractivity contribution is 6.12. The molecule has 2 heteroatoms. The van der Waals surface area contributed by atoms with Crippen molar-refractivity contribution >= 4 is 43.6 Å². The number of rotatable bonds is 5. The maximum atomic E-state index is 2.43. The Kier molecular flexibility index (Phi) is 6.53. The Hall–Kier alpha value is -6.64. The average Bonchev–Trinajstić information content (AvgIpc) is 3.71. The molecular formula is C48H32N2. The average molecular weight is 637 g/mol. The molecule has 0 bridgehead atoms. The number of fused-ring (bicyclic) bond motifs is 6. The molecule has 0 unspecified atom stereocenters. The van der Waals surface area contributed by atoms with Crippen molar-refractivity contribution < 1.29 is 0 Å². The third kappa shape index (κ3) is 4.50. The highest BCUT2D eigenvalue weighted by Gasteiger charge is 2.17. The summed E-state index contributed by atoms with van der Waals surface area (Å²) in [5.74, 6) is 0. The second-order valence-corrected chi connectivity index (χ2v) is 13.0. The Bertz CT molecular complexity index is 2860. The Labute approximate surface area is 290 Å². The van der Waals surface area contributed by atoms with Crippen LogP contribution >= 0.6 is 0 Å². The third-order valence-corrected chi connectivity index (χ3v) is 10.1. The summed E-state index contributed by atoms with van der Waals surface area (Å²) in [7, 11) is 0. The molecule has 2 heterocycles. The fraction of sp³-hybridized carbons (Fsp3) is 0. The second-order valence-electron chi connectivity index (χ2n) is 13.0. The van der Waals surface area contributed by atoms with Crippen LogP contribution in [0, 0.1) is 0 Å². The van der Waals surface area contributed by atoms with Gasteiger partial charge in [-0.15, -0.1) is 0 Å². The first-order valence-corrected chi connectivity index (χ1v) is 17.2. The number of hydrogen-bond donors (Lipinski definition) is 0. The van der Waals surface area contributed by atoms with E-state index in [2.05, 4.69) is 203 Å². The zero-order chi connectivity index (χ0) is 33.0. The van der Waals surface area contributed by atoms with Crippen molar-refractivity contribution in [2.45, 2.75) is 0 Å². The molecular weight excluding hydrogens is 605 g/mol. The van der Waals surface area contributed by atoms with Crippen LogP contribution in [0.4, 0.5) is 0 Å². The summed E-state index contributed by atoms with van der Waals surface area (Å²) in [6.07, 6.45) is 0. The maximum Gasteiger partial charge on any atom is 0.0547 e. The van der Waals surface area contributed by atoms with Crippen molar-refractivity contribution in [3.63, 3.8) is 0 Å². The molecule has 0 saturated carbocycles. The van der Waals surface area contributed by atoms with Crippen LogP contribution in [-0.4, -0.2) is 9.13 Å². The molecule has 2 aromatic heterocycles. The van der Waals surface area contributed by atoms with E-state index in [0.29, 0.717) is 0 Å². The van der Waals surface area contributed by atoms with Crippen LogP contribution in [0.15, 0.2) is 194 Å². The van der Waals surface area contributed by atoms with E-state index in [1.165, 1.54) is 82.7 Å². The quantitative estimate of drug-likeness (QED) is 0.178. The van der Waals surface area contributed by atoms with Gasteiger partial charge in [-0.05, 0) is 88.0 Å². The lowest BCUT2D eigenvalue weighted by Gasteiger charge is -2.14. The molecule has 0 N–H and O–H groups in total. The molecule has 0 spiro atoms. The van der Waals surface area contributed by atoms with Crippen LogP contribution in [0.5, 0.6) is 0 Å². The van der Waals surface area contributed by atoms with Gasteiger partial charge in [0.1, 0.15) is 0 Å². The Morgan fingerprint density at radius 2 is 0.740 bits per heavy atom. The Balaban J connectivity index is 1.15. The topological polar surface area (TPSA) is 9.86 Å². The second kappa shape index (κ2) is 11.5. The molecule has 0 atom stereocenters. The van der Waals surface area contributed by atoms with Gasteiger partial charge in [0, 0.05) is 32.9 Å². The fourth-order valence-electron chi connectivity index (χ4n) is 7.85. The number of benzene rings is 8. The molecule has 0 aliphatic rings. The molecule has 0 fully saturated rings. The lowest BCUT2D eigenvalue weighted by molar-refractivity contribution is 1.18. The molecule has 8 aromatic carbocycles. The van der Waals surface area contributed by atoms with E-state index < -0.39 is 0 Å². The van der Waals surface area contributed by atoms with E-state index in [0.717, 1.165) is 5.69 Å². The standard InChI is InChI=1S/C48H32N2/c1-3-14-33(15-4-1)39-20-7-8-21-40(39)36-16-13-19-38(30-36)50-45-24-11-9-22-41(45)43-28-26-35(32-48(43)50)34-27-29-47-44(31-34)42-23-10-12-25-46(42)49(47)37-17-5-2-6-18-37/h1-32H. The van der Waals surface area contributed by atoms with Gasteiger partial charge in [-0.25, -0.2) is 0 Å². The molecule has 10 aromatic rings. The smallest absolute Gasteiger partial charge is 0.0547 e. The highest BCUT2D eigenvalue weighted by Crippen LogP contribution is 2.39. The summed E-state index contributed by atoms with van der Waals surface area (Å²) in [6.45, 7) is 0. The molecule has 0 saturated heterocycles. The minimum Gasteiger partial charge on any atom is -0.309 e. The predicted molar refractivity (Wildman–Crippen MR) is 211 cm³/mol. The first-order valence-electron chi connectivity index (χ1n) is 17.2. The van der Waals surface area contributed by atoms with E-state index in [9.17, 15) is 0 Å². The first-order chi connectivity index (χ1) is 24.8. The van der Waals surface area contributed by atoms with Gasteiger partial charge in [0.2, 0.25) is 0 Å². The van der Waals surface area contributed by atoms with Gasteiger partial charge in [-0.2, -0.15) is 0 Å². The number of hydrogen-bond acceptors (Lipinski definition) is 0. The zero-order valence-electron chi connectivity index (χ0n) is 27.4. The molecule has 50 heavy (non-hydrogen) atoms. The van der Waals surface area contributed by atoms with Crippen molar-refractivity contribution in [1.29, 1.82) is 0 Å². The lowest BCUT2D eigenvalue weighted by atomic mass is 9.94. The van der Waals surface area contributed by atoms with Gasteiger partial charge in [-0.1, -0.05) is 140 Å². The SMILES string of the molecule is c1ccc(-c2ccccc2-c2cccc(-n3c4ccccc4c4ccc(-c5ccc6c(c5)c5ccccc5n6-c5ccccc5)cc43)c2)cc1. The van der Waals surface area contributed by atoms with Crippen molar-refractivity contribution in [2.24, 2.45) is 0 Å². The fourth-order valence-corrected chi connectivity index (χ4v) is 7.85. The predicted octanol–water partition coefficient (Wildman–Crippen LogP) is 12.9. The zero-order valence-corrected chi connectivity index (χ0v) is 27.4. The van der Waals surface area contributed by atoms with E-state index in [1.807, 2.05) is 0 Å². The minimum atomic E-state index is 1.15. The monoisotopic (exact) mass is 636 g/mol. The Morgan fingerprint density at radius 1 is 0.240 bits per heavy atom. The number of nitrogens with zero attached hydrogens (tertiary/aromatic N) is 2. The Morgan fingerprint density at radius 3 is 1.50 bits per heavy atom. The third-order valence-electron chi connectivity index (χ3n) is 10.1. The van der Waals surface area contributed by atoms with Crippen LogP contribution in [0.1, 0.15) is 0 Å². The number of aromatic nitrogens is 2. The number of para-hydroxylation sites is 3. The van der Waals surface area contributed by atoms with Gasteiger partial charge in [-0.3, -0.25) is 0 Å². The van der Waals surface area contributed by atoms with Crippen molar-refractivity contribution in [2.75, 3.05) is 0 Å². The van der Waals surface area contributed by atoms with E-state index in [1.54, 1.807) is 0 Å². The molecule has 2 nitrogen and oxygen atoms in total. The summed E-state index contributed by atoms with van der Waals surface area (Å²) in [5.41, 5.74) is 14.4. The summed E-state index contributed by atoms with van der Waals surface area (Å²) in [6, 6.07) is 70.4. The largest absolute Gasteiger partial charge is 0.309 e. The van der Waals surface area contributed by atoms with Gasteiger partial charge < -0.3 is 9.13 Å². The van der Waals surface area contributed by atoms with Crippen LogP contribution in [-0.2, 0) is 0 Å². The molecule has 0 radical (unpaired) electrons. The maximum absolute atomic E-state index is 2.43. The normalized spacial score (nSPS) is 11.6. The molecule has 0 aliphatic carbocycles. The van der Waals surface area contributed by atoms with Crippen LogP contribution in [0.25, 0.3) is 88.4 Å². The van der Waals surface area contributed by atoms with Crippen molar-refractivity contribution in [1.82, 2.24) is 9.13 Å². The summed E-state index contributed by atoms with van der Waals surface area (Å²) in [4.78, 5) is 0. The molecule has 0 aliphatic heterocycles.